The molecule has 1 aromatic heterocycles. The van der Waals surface area contributed by atoms with Crippen molar-refractivity contribution in [3.8, 4) is 11.1 Å². The van der Waals surface area contributed by atoms with Crippen molar-refractivity contribution < 1.29 is 9.47 Å². The fraction of sp³-hybridized carbons (Fsp3) is 0.231. The third-order valence-electron chi connectivity index (χ3n) is 2.66. The van der Waals surface area contributed by atoms with Gasteiger partial charge in [-0.25, -0.2) is 0 Å². The van der Waals surface area contributed by atoms with Crippen LogP contribution in [0.1, 0.15) is 11.9 Å². The molecule has 1 fully saturated rings. The molecule has 3 rings (SSSR count). The first-order chi connectivity index (χ1) is 7.93. The Morgan fingerprint density at radius 3 is 2.31 bits per heavy atom. The van der Waals surface area contributed by atoms with E-state index in [1.54, 1.807) is 11.3 Å². The van der Waals surface area contributed by atoms with Crippen LogP contribution in [0.25, 0.3) is 11.1 Å². The van der Waals surface area contributed by atoms with E-state index in [0.29, 0.717) is 13.2 Å². The average Bonchev–Trinajstić information content (AvgIpc) is 3.03. The van der Waals surface area contributed by atoms with Gasteiger partial charge >= 0.3 is 0 Å². The molecule has 0 spiro atoms. The molecule has 1 aromatic carbocycles. The van der Waals surface area contributed by atoms with Crippen molar-refractivity contribution in [1.29, 1.82) is 0 Å². The topological polar surface area (TPSA) is 18.5 Å². The predicted molar refractivity (Wildman–Crippen MR) is 64.4 cm³/mol. The summed E-state index contributed by atoms with van der Waals surface area (Å²) in [5, 5.41) is 4.24. The summed E-state index contributed by atoms with van der Waals surface area (Å²) in [5.74, 6) is 0. The first-order valence-electron chi connectivity index (χ1n) is 5.29. The van der Waals surface area contributed by atoms with Crippen molar-refractivity contribution in [2.24, 2.45) is 0 Å². The minimum Gasteiger partial charge on any atom is -0.346 e. The maximum absolute atomic E-state index is 5.45. The highest BCUT2D eigenvalue weighted by atomic mass is 32.1. The minimum absolute atomic E-state index is 0.170. The van der Waals surface area contributed by atoms with Crippen LogP contribution in [0.4, 0.5) is 0 Å². The SMILES string of the molecule is c1cc(-c2ccc(C3OCCO3)cc2)cs1. The third kappa shape index (κ3) is 1.89. The highest BCUT2D eigenvalue weighted by molar-refractivity contribution is 7.08. The van der Waals surface area contributed by atoms with E-state index in [9.17, 15) is 0 Å². The van der Waals surface area contributed by atoms with Gasteiger partial charge in [0.25, 0.3) is 0 Å². The van der Waals surface area contributed by atoms with E-state index in [0.717, 1.165) is 5.56 Å². The quantitative estimate of drug-likeness (QED) is 0.789. The maximum Gasteiger partial charge on any atom is 0.184 e. The normalized spacial score (nSPS) is 16.8. The van der Waals surface area contributed by atoms with Crippen molar-refractivity contribution in [2.75, 3.05) is 13.2 Å². The lowest BCUT2D eigenvalue weighted by atomic mass is 10.1. The summed E-state index contributed by atoms with van der Waals surface area (Å²) >= 11 is 1.71. The molecular weight excluding hydrogens is 220 g/mol. The zero-order valence-electron chi connectivity index (χ0n) is 8.76. The van der Waals surface area contributed by atoms with Gasteiger partial charge in [-0.2, -0.15) is 11.3 Å². The van der Waals surface area contributed by atoms with Crippen LogP contribution in [0.3, 0.4) is 0 Å². The van der Waals surface area contributed by atoms with Crippen LogP contribution >= 0.6 is 11.3 Å². The zero-order chi connectivity index (χ0) is 10.8. The number of thiophene rings is 1. The summed E-state index contributed by atoms with van der Waals surface area (Å²) in [7, 11) is 0. The Balaban J connectivity index is 1.84. The van der Waals surface area contributed by atoms with Gasteiger partial charge in [-0.05, 0) is 28.0 Å². The zero-order valence-corrected chi connectivity index (χ0v) is 9.57. The van der Waals surface area contributed by atoms with Crippen molar-refractivity contribution in [3.63, 3.8) is 0 Å². The van der Waals surface area contributed by atoms with Crippen LogP contribution in [0.2, 0.25) is 0 Å². The first kappa shape index (κ1) is 10.0. The lowest BCUT2D eigenvalue weighted by Gasteiger charge is -2.09. The molecule has 82 valence electrons. The Bertz CT molecular complexity index is 441. The van der Waals surface area contributed by atoms with E-state index in [1.807, 2.05) is 0 Å². The summed E-state index contributed by atoms with van der Waals surface area (Å²) in [5.41, 5.74) is 3.60. The molecule has 0 unspecified atom stereocenters. The molecule has 0 radical (unpaired) electrons. The molecule has 0 saturated carbocycles. The molecule has 1 saturated heterocycles. The van der Waals surface area contributed by atoms with Crippen LogP contribution in [-0.4, -0.2) is 13.2 Å². The van der Waals surface area contributed by atoms with Gasteiger partial charge in [-0.1, -0.05) is 24.3 Å². The lowest BCUT2D eigenvalue weighted by Crippen LogP contribution is -1.97. The van der Waals surface area contributed by atoms with Crippen LogP contribution in [0.5, 0.6) is 0 Å². The maximum atomic E-state index is 5.45. The molecule has 1 aliphatic rings. The molecule has 2 nitrogen and oxygen atoms in total. The number of rotatable bonds is 2. The largest absolute Gasteiger partial charge is 0.346 e. The Morgan fingerprint density at radius 2 is 1.69 bits per heavy atom. The second-order valence-electron chi connectivity index (χ2n) is 3.71. The molecule has 2 aromatic rings. The summed E-state index contributed by atoms with van der Waals surface area (Å²) < 4.78 is 10.9. The average molecular weight is 232 g/mol. The number of ether oxygens (including phenoxy) is 2. The van der Waals surface area contributed by atoms with Crippen molar-refractivity contribution in [3.05, 3.63) is 46.7 Å². The summed E-state index contributed by atoms with van der Waals surface area (Å²) in [6.45, 7) is 1.38. The molecular formula is C13H12O2S. The highest BCUT2D eigenvalue weighted by Crippen LogP contribution is 2.27. The molecule has 1 aliphatic heterocycles. The van der Waals surface area contributed by atoms with Gasteiger partial charge < -0.3 is 9.47 Å². The number of benzene rings is 1. The predicted octanol–water partition coefficient (Wildman–Crippen LogP) is 3.46. The van der Waals surface area contributed by atoms with Crippen molar-refractivity contribution in [1.82, 2.24) is 0 Å². The van der Waals surface area contributed by atoms with Gasteiger partial charge in [-0.15, -0.1) is 0 Å². The molecule has 0 amide bonds. The molecule has 16 heavy (non-hydrogen) atoms. The van der Waals surface area contributed by atoms with Gasteiger partial charge in [0.2, 0.25) is 0 Å². The molecule has 0 atom stereocenters. The Kier molecular flexibility index (Phi) is 2.74. The summed E-state index contributed by atoms with van der Waals surface area (Å²) in [6, 6.07) is 10.5. The molecule has 0 N–H and O–H groups in total. The number of hydrogen-bond acceptors (Lipinski definition) is 3. The Labute approximate surface area is 98.4 Å². The molecule has 3 heteroatoms. The fourth-order valence-corrected chi connectivity index (χ4v) is 2.48. The van der Waals surface area contributed by atoms with Crippen molar-refractivity contribution in [2.45, 2.75) is 6.29 Å². The minimum atomic E-state index is -0.170. The number of hydrogen-bond donors (Lipinski definition) is 0. The second-order valence-corrected chi connectivity index (χ2v) is 4.49. The molecule has 2 heterocycles. The van der Waals surface area contributed by atoms with Crippen LogP contribution in [-0.2, 0) is 9.47 Å². The summed E-state index contributed by atoms with van der Waals surface area (Å²) in [4.78, 5) is 0. The van der Waals surface area contributed by atoms with Crippen LogP contribution in [0, 0.1) is 0 Å². The monoisotopic (exact) mass is 232 g/mol. The van der Waals surface area contributed by atoms with E-state index >= 15 is 0 Å². The van der Waals surface area contributed by atoms with E-state index < -0.39 is 0 Å². The highest BCUT2D eigenvalue weighted by Gasteiger charge is 2.17. The van der Waals surface area contributed by atoms with E-state index in [4.69, 9.17) is 9.47 Å². The van der Waals surface area contributed by atoms with Crippen LogP contribution in [0.15, 0.2) is 41.1 Å². The van der Waals surface area contributed by atoms with E-state index in [1.165, 1.54) is 11.1 Å². The van der Waals surface area contributed by atoms with E-state index in [-0.39, 0.29) is 6.29 Å². The van der Waals surface area contributed by atoms with Gasteiger partial charge in [0.1, 0.15) is 0 Å². The standard InChI is InChI=1S/C13H12O2S/c1-3-11(13-14-6-7-15-13)4-2-10(1)12-5-8-16-9-12/h1-5,8-9,13H,6-7H2. The second kappa shape index (κ2) is 4.37. The smallest absolute Gasteiger partial charge is 0.184 e. The van der Waals surface area contributed by atoms with Gasteiger partial charge in [-0.3, -0.25) is 0 Å². The molecule has 0 aliphatic carbocycles. The molecule has 0 bridgehead atoms. The summed E-state index contributed by atoms with van der Waals surface area (Å²) in [6.07, 6.45) is -0.170. The van der Waals surface area contributed by atoms with Crippen LogP contribution < -0.4 is 0 Å². The van der Waals surface area contributed by atoms with Crippen molar-refractivity contribution >= 4 is 11.3 Å². The Morgan fingerprint density at radius 1 is 0.938 bits per heavy atom. The first-order valence-corrected chi connectivity index (χ1v) is 6.23. The van der Waals surface area contributed by atoms with E-state index in [2.05, 4.69) is 41.1 Å². The van der Waals surface area contributed by atoms with Gasteiger partial charge in [0.05, 0.1) is 13.2 Å². The van der Waals surface area contributed by atoms with Gasteiger partial charge in [0, 0.05) is 5.56 Å². The third-order valence-corrected chi connectivity index (χ3v) is 3.34. The Hall–Kier alpha value is -1.16. The lowest BCUT2D eigenvalue weighted by molar-refractivity contribution is -0.0441. The van der Waals surface area contributed by atoms with Gasteiger partial charge in [0.15, 0.2) is 6.29 Å². The fourth-order valence-electron chi connectivity index (χ4n) is 1.81.